The van der Waals surface area contributed by atoms with Gasteiger partial charge in [0.1, 0.15) is 0 Å². The standard InChI is InChI=1S/C14H22O2Si/c1-13(16-17(2,3)4)10-11-15-12-14-8-6-5-7-9-14/h5-9H,1,10-12H2,2-4H3. The van der Waals surface area contributed by atoms with E-state index in [9.17, 15) is 0 Å². The second kappa shape index (κ2) is 6.62. The number of hydrogen-bond acceptors (Lipinski definition) is 2. The number of hydrogen-bond donors (Lipinski definition) is 0. The molecule has 0 N–H and O–H groups in total. The number of benzene rings is 1. The van der Waals surface area contributed by atoms with Crippen LogP contribution in [0.4, 0.5) is 0 Å². The molecule has 94 valence electrons. The Morgan fingerprint density at radius 1 is 1.18 bits per heavy atom. The highest BCUT2D eigenvalue weighted by Gasteiger charge is 2.16. The van der Waals surface area contributed by atoms with Crippen molar-refractivity contribution < 1.29 is 9.16 Å². The van der Waals surface area contributed by atoms with Gasteiger partial charge in [0.05, 0.1) is 19.0 Å². The Hall–Kier alpha value is -1.06. The molecule has 0 radical (unpaired) electrons. The molecule has 0 aliphatic rings. The zero-order chi connectivity index (χ0) is 12.7. The van der Waals surface area contributed by atoms with Gasteiger partial charge in [0, 0.05) is 6.42 Å². The average Bonchev–Trinajstić information content (AvgIpc) is 2.23. The predicted molar refractivity (Wildman–Crippen MR) is 74.3 cm³/mol. The summed E-state index contributed by atoms with van der Waals surface area (Å²) in [5, 5.41) is 0. The van der Waals surface area contributed by atoms with Crippen molar-refractivity contribution in [1.82, 2.24) is 0 Å². The van der Waals surface area contributed by atoms with Gasteiger partial charge in [0.15, 0.2) is 0 Å². The lowest BCUT2D eigenvalue weighted by atomic mass is 10.2. The lowest BCUT2D eigenvalue weighted by molar-refractivity contribution is 0.117. The van der Waals surface area contributed by atoms with Gasteiger partial charge < -0.3 is 9.16 Å². The third kappa shape index (κ3) is 6.97. The second-order valence-electron chi connectivity index (χ2n) is 5.04. The normalized spacial score (nSPS) is 11.2. The molecule has 0 amide bonds. The van der Waals surface area contributed by atoms with E-state index in [-0.39, 0.29) is 0 Å². The molecule has 17 heavy (non-hydrogen) atoms. The van der Waals surface area contributed by atoms with E-state index in [1.165, 1.54) is 5.56 Å². The van der Waals surface area contributed by atoms with Crippen LogP contribution in [0, 0.1) is 0 Å². The fraction of sp³-hybridized carbons (Fsp3) is 0.429. The summed E-state index contributed by atoms with van der Waals surface area (Å²) in [6.07, 6.45) is 0.775. The van der Waals surface area contributed by atoms with Gasteiger partial charge in [-0.1, -0.05) is 36.9 Å². The van der Waals surface area contributed by atoms with Crippen molar-refractivity contribution in [2.45, 2.75) is 32.7 Å². The van der Waals surface area contributed by atoms with Crippen LogP contribution in [0.2, 0.25) is 19.6 Å². The molecule has 0 fully saturated rings. The Balaban J connectivity index is 2.14. The molecule has 0 aliphatic heterocycles. The van der Waals surface area contributed by atoms with E-state index in [2.05, 4.69) is 38.4 Å². The van der Waals surface area contributed by atoms with Gasteiger partial charge >= 0.3 is 0 Å². The highest BCUT2D eigenvalue weighted by atomic mass is 28.4. The van der Waals surface area contributed by atoms with Gasteiger partial charge in [-0.15, -0.1) is 0 Å². The lowest BCUT2D eigenvalue weighted by Crippen LogP contribution is -2.24. The monoisotopic (exact) mass is 250 g/mol. The molecule has 1 aromatic carbocycles. The molecule has 1 rings (SSSR count). The maximum absolute atomic E-state index is 5.75. The third-order valence-corrected chi connectivity index (χ3v) is 2.99. The van der Waals surface area contributed by atoms with Crippen molar-refractivity contribution in [3.05, 3.63) is 48.2 Å². The first-order chi connectivity index (χ1) is 7.97. The summed E-state index contributed by atoms with van der Waals surface area (Å²) >= 11 is 0. The minimum Gasteiger partial charge on any atom is -0.548 e. The number of ether oxygens (including phenoxy) is 1. The van der Waals surface area contributed by atoms with Crippen molar-refractivity contribution in [2.24, 2.45) is 0 Å². The zero-order valence-corrected chi connectivity index (χ0v) is 12.0. The molecule has 0 aliphatic carbocycles. The molecule has 0 heterocycles. The first-order valence-corrected chi connectivity index (χ1v) is 9.37. The molecule has 0 saturated carbocycles. The van der Waals surface area contributed by atoms with Crippen LogP contribution in [0.25, 0.3) is 0 Å². The van der Waals surface area contributed by atoms with Gasteiger partial charge in [-0.2, -0.15) is 0 Å². The van der Waals surface area contributed by atoms with Crippen LogP contribution in [0.5, 0.6) is 0 Å². The number of rotatable bonds is 7. The highest BCUT2D eigenvalue weighted by molar-refractivity contribution is 6.70. The van der Waals surface area contributed by atoms with Crippen LogP contribution < -0.4 is 0 Å². The van der Waals surface area contributed by atoms with Gasteiger partial charge in [0.25, 0.3) is 0 Å². The third-order valence-electron chi connectivity index (χ3n) is 2.09. The van der Waals surface area contributed by atoms with E-state index in [0.717, 1.165) is 12.2 Å². The van der Waals surface area contributed by atoms with E-state index >= 15 is 0 Å². The summed E-state index contributed by atoms with van der Waals surface area (Å²) in [5.74, 6) is 0.845. The topological polar surface area (TPSA) is 18.5 Å². The molecule has 0 atom stereocenters. The summed E-state index contributed by atoms with van der Waals surface area (Å²) in [5.41, 5.74) is 1.20. The van der Waals surface area contributed by atoms with Crippen LogP contribution >= 0.6 is 0 Å². The predicted octanol–water partition coefficient (Wildman–Crippen LogP) is 3.96. The van der Waals surface area contributed by atoms with Crippen molar-refractivity contribution in [2.75, 3.05) is 6.61 Å². The first kappa shape index (κ1) is 14.0. The molecule has 1 aromatic rings. The Kier molecular flexibility index (Phi) is 5.45. The highest BCUT2D eigenvalue weighted by Crippen LogP contribution is 2.12. The van der Waals surface area contributed by atoms with Crippen molar-refractivity contribution in [3.8, 4) is 0 Å². The summed E-state index contributed by atoms with van der Waals surface area (Å²) in [4.78, 5) is 0. The van der Waals surface area contributed by atoms with Crippen molar-refractivity contribution in [1.29, 1.82) is 0 Å². The maximum atomic E-state index is 5.75. The van der Waals surface area contributed by atoms with Gasteiger partial charge in [-0.05, 0) is 25.2 Å². The molecule has 0 aromatic heterocycles. The summed E-state index contributed by atoms with van der Waals surface area (Å²) in [6.45, 7) is 11.7. The lowest BCUT2D eigenvalue weighted by Gasteiger charge is -2.20. The van der Waals surface area contributed by atoms with Crippen LogP contribution in [-0.2, 0) is 15.8 Å². The van der Waals surface area contributed by atoms with Crippen LogP contribution in [0.3, 0.4) is 0 Å². The fourth-order valence-electron chi connectivity index (χ4n) is 1.43. The van der Waals surface area contributed by atoms with Gasteiger partial charge in [-0.3, -0.25) is 0 Å². The molecular formula is C14H22O2Si. The Morgan fingerprint density at radius 3 is 2.41 bits per heavy atom. The first-order valence-electron chi connectivity index (χ1n) is 5.96. The molecule has 3 heteroatoms. The van der Waals surface area contributed by atoms with Crippen molar-refractivity contribution in [3.63, 3.8) is 0 Å². The molecule has 0 bridgehead atoms. The van der Waals surface area contributed by atoms with E-state index in [4.69, 9.17) is 9.16 Å². The minimum absolute atomic E-state index is 0.654. The van der Waals surface area contributed by atoms with Crippen LogP contribution in [-0.4, -0.2) is 14.9 Å². The SMILES string of the molecule is C=C(CCOCc1ccccc1)O[Si](C)(C)C. The fourth-order valence-corrected chi connectivity index (χ4v) is 2.40. The molecule has 0 unspecified atom stereocenters. The molecule has 0 saturated heterocycles. The Bertz CT molecular complexity index is 341. The van der Waals surface area contributed by atoms with Crippen molar-refractivity contribution >= 4 is 8.32 Å². The van der Waals surface area contributed by atoms with Gasteiger partial charge in [-0.25, -0.2) is 0 Å². The van der Waals surface area contributed by atoms with E-state index in [0.29, 0.717) is 13.2 Å². The summed E-state index contributed by atoms with van der Waals surface area (Å²) < 4.78 is 11.3. The van der Waals surface area contributed by atoms with Gasteiger partial charge in [0.2, 0.25) is 8.32 Å². The maximum Gasteiger partial charge on any atom is 0.241 e. The summed E-state index contributed by atoms with van der Waals surface area (Å²) in [6, 6.07) is 10.2. The zero-order valence-electron chi connectivity index (χ0n) is 11.0. The molecule has 2 nitrogen and oxygen atoms in total. The quantitative estimate of drug-likeness (QED) is 0.414. The van der Waals surface area contributed by atoms with E-state index < -0.39 is 8.32 Å². The van der Waals surface area contributed by atoms with Crippen LogP contribution in [0.1, 0.15) is 12.0 Å². The summed E-state index contributed by atoms with van der Waals surface area (Å²) in [7, 11) is -1.50. The Morgan fingerprint density at radius 2 is 1.82 bits per heavy atom. The average molecular weight is 250 g/mol. The second-order valence-corrected chi connectivity index (χ2v) is 9.47. The van der Waals surface area contributed by atoms with Crippen LogP contribution in [0.15, 0.2) is 42.7 Å². The Labute approximate surface area is 105 Å². The minimum atomic E-state index is -1.50. The largest absolute Gasteiger partial charge is 0.548 e. The molecule has 0 spiro atoms. The molecular weight excluding hydrogens is 228 g/mol. The smallest absolute Gasteiger partial charge is 0.241 e. The van der Waals surface area contributed by atoms with E-state index in [1.54, 1.807) is 0 Å². The van der Waals surface area contributed by atoms with E-state index in [1.807, 2.05) is 18.2 Å².